The highest BCUT2D eigenvalue weighted by molar-refractivity contribution is 9.10. The van der Waals surface area contributed by atoms with Crippen molar-refractivity contribution < 1.29 is 19.2 Å². The maximum absolute atomic E-state index is 13.1. The Bertz CT molecular complexity index is 1310. The van der Waals surface area contributed by atoms with Crippen LogP contribution in [0.2, 0.25) is 0 Å². The van der Waals surface area contributed by atoms with Crippen molar-refractivity contribution in [1.29, 1.82) is 0 Å². The number of nitrogens with one attached hydrogen (secondary N) is 2. The third kappa shape index (κ3) is 6.30. The molecule has 3 aromatic carbocycles. The minimum Gasteiger partial charge on any atom is -0.497 e. The van der Waals surface area contributed by atoms with Crippen molar-refractivity contribution in [3.63, 3.8) is 0 Å². The first kappa shape index (κ1) is 25.1. The Morgan fingerprint density at radius 3 is 2.44 bits per heavy atom. The van der Waals surface area contributed by atoms with E-state index < -0.39 is 16.7 Å². The number of nitro benzene ring substituents is 1. The monoisotopic (exact) mass is 587 g/mol. The molecular weight excluding hydrogens is 570 g/mol. The predicted molar refractivity (Wildman–Crippen MR) is 137 cm³/mol. The maximum Gasteiger partial charge on any atom is 0.272 e. The van der Waals surface area contributed by atoms with E-state index in [1.54, 1.807) is 36.4 Å². The molecule has 0 radical (unpaired) electrons. The van der Waals surface area contributed by atoms with E-state index in [4.69, 9.17) is 4.74 Å². The zero-order valence-electron chi connectivity index (χ0n) is 18.1. The van der Waals surface area contributed by atoms with Crippen LogP contribution in [0.25, 0.3) is 6.08 Å². The Kier molecular flexibility index (Phi) is 8.19. The second kappa shape index (κ2) is 11.1. The van der Waals surface area contributed by atoms with Gasteiger partial charge in [-0.1, -0.05) is 28.1 Å². The van der Waals surface area contributed by atoms with Gasteiger partial charge in [0.05, 0.1) is 17.6 Å². The van der Waals surface area contributed by atoms with E-state index >= 15 is 0 Å². The van der Waals surface area contributed by atoms with Gasteiger partial charge in [0.1, 0.15) is 11.4 Å². The van der Waals surface area contributed by atoms with E-state index in [1.807, 2.05) is 6.92 Å². The summed E-state index contributed by atoms with van der Waals surface area (Å²) in [6, 6.07) is 15.9. The van der Waals surface area contributed by atoms with Crippen LogP contribution < -0.4 is 15.4 Å². The number of benzene rings is 3. The third-order valence-electron chi connectivity index (χ3n) is 4.72. The molecule has 10 heteroatoms. The first-order valence-corrected chi connectivity index (χ1v) is 11.4. The number of amides is 2. The van der Waals surface area contributed by atoms with E-state index in [9.17, 15) is 19.7 Å². The summed E-state index contributed by atoms with van der Waals surface area (Å²) >= 11 is 6.75. The highest BCUT2D eigenvalue weighted by Crippen LogP contribution is 2.24. The number of anilines is 1. The van der Waals surface area contributed by atoms with Gasteiger partial charge in [-0.05, 0) is 76.5 Å². The molecule has 174 valence electrons. The molecule has 0 fully saturated rings. The number of rotatable bonds is 7. The molecular formula is C24H19Br2N3O5. The number of non-ortho nitro benzene ring substituents is 1. The number of aryl methyl sites for hydroxylation is 1. The SMILES string of the molecule is COc1ccc(Br)c(C(=O)NC(=Cc2cccc([N+](=O)[O-])c2)C(=O)Nc2ccc(Br)c(C)c2)c1. The number of carbonyl (C=O) groups excluding carboxylic acids is 2. The third-order valence-corrected chi connectivity index (χ3v) is 6.30. The number of carbonyl (C=O) groups is 2. The fourth-order valence-corrected chi connectivity index (χ4v) is 3.64. The summed E-state index contributed by atoms with van der Waals surface area (Å²) in [5, 5.41) is 16.5. The lowest BCUT2D eigenvalue weighted by atomic mass is 10.1. The normalized spacial score (nSPS) is 11.0. The maximum atomic E-state index is 13.1. The van der Waals surface area contributed by atoms with E-state index in [1.165, 1.54) is 37.5 Å². The largest absolute Gasteiger partial charge is 0.497 e. The van der Waals surface area contributed by atoms with E-state index in [0.717, 1.165) is 10.0 Å². The van der Waals surface area contributed by atoms with Gasteiger partial charge in [0.2, 0.25) is 0 Å². The molecule has 0 heterocycles. The van der Waals surface area contributed by atoms with Crippen LogP contribution in [0.4, 0.5) is 11.4 Å². The van der Waals surface area contributed by atoms with Gasteiger partial charge in [0.25, 0.3) is 17.5 Å². The summed E-state index contributed by atoms with van der Waals surface area (Å²) in [7, 11) is 1.48. The van der Waals surface area contributed by atoms with Gasteiger partial charge in [0.15, 0.2) is 0 Å². The van der Waals surface area contributed by atoms with Crippen LogP contribution in [0, 0.1) is 17.0 Å². The second-order valence-electron chi connectivity index (χ2n) is 7.13. The lowest BCUT2D eigenvalue weighted by molar-refractivity contribution is -0.384. The summed E-state index contributed by atoms with van der Waals surface area (Å²) < 4.78 is 6.57. The van der Waals surface area contributed by atoms with Crippen molar-refractivity contribution in [3.05, 3.63) is 102 Å². The molecule has 2 amide bonds. The summed E-state index contributed by atoms with van der Waals surface area (Å²) in [4.78, 5) is 36.8. The van der Waals surface area contributed by atoms with E-state index in [-0.39, 0.29) is 16.9 Å². The molecule has 8 nitrogen and oxygen atoms in total. The Morgan fingerprint density at radius 2 is 1.76 bits per heavy atom. The average molecular weight is 589 g/mol. The Labute approximate surface area is 212 Å². The lowest BCUT2D eigenvalue weighted by Crippen LogP contribution is -2.31. The van der Waals surface area contributed by atoms with Crippen molar-refractivity contribution in [2.75, 3.05) is 12.4 Å². The van der Waals surface area contributed by atoms with E-state index in [0.29, 0.717) is 21.5 Å². The molecule has 0 unspecified atom stereocenters. The summed E-state index contributed by atoms with van der Waals surface area (Å²) in [6.07, 6.45) is 1.38. The van der Waals surface area contributed by atoms with Gasteiger partial charge in [0, 0.05) is 26.8 Å². The standard InChI is InChI=1S/C24H19Br2N3O5/c1-14-10-16(6-8-20(14)25)27-24(31)22(12-15-4-3-5-17(11-15)29(32)33)28-23(30)19-13-18(34-2)7-9-21(19)26/h3-13H,1-2H3,(H,27,31)(H,28,30). The van der Waals surface area contributed by atoms with Gasteiger partial charge < -0.3 is 15.4 Å². The fourth-order valence-electron chi connectivity index (χ4n) is 2.97. The molecule has 0 saturated carbocycles. The second-order valence-corrected chi connectivity index (χ2v) is 8.84. The van der Waals surface area contributed by atoms with Crippen molar-refractivity contribution in [2.24, 2.45) is 0 Å². The van der Waals surface area contributed by atoms with Gasteiger partial charge in [-0.25, -0.2) is 0 Å². The van der Waals surface area contributed by atoms with Crippen LogP contribution >= 0.6 is 31.9 Å². The number of halogens is 2. The molecule has 3 aromatic rings. The molecule has 0 aromatic heterocycles. The van der Waals surface area contributed by atoms with E-state index in [2.05, 4.69) is 42.5 Å². The zero-order valence-corrected chi connectivity index (χ0v) is 21.3. The van der Waals surface area contributed by atoms with Gasteiger partial charge in [-0.15, -0.1) is 0 Å². The molecule has 0 bridgehead atoms. The van der Waals surface area contributed by atoms with Gasteiger partial charge in [-0.2, -0.15) is 0 Å². The predicted octanol–water partition coefficient (Wildman–Crippen LogP) is 5.85. The first-order chi connectivity index (χ1) is 16.2. The van der Waals surface area contributed by atoms with Crippen molar-refractivity contribution in [2.45, 2.75) is 6.92 Å². The summed E-state index contributed by atoms with van der Waals surface area (Å²) in [5.41, 5.74) is 1.81. The summed E-state index contributed by atoms with van der Waals surface area (Å²) in [6.45, 7) is 1.88. The molecule has 0 spiro atoms. The molecule has 0 aliphatic rings. The molecule has 0 aliphatic carbocycles. The lowest BCUT2D eigenvalue weighted by Gasteiger charge is -2.13. The molecule has 0 aliphatic heterocycles. The smallest absolute Gasteiger partial charge is 0.272 e. The van der Waals surface area contributed by atoms with Crippen LogP contribution in [0.1, 0.15) is 21.5 Å². The van der Waals surface area contributed by atoms with Crippen LogP contribution in [0.3, 0.4) is 0 Å². The average Bonchev–Trinajstić information content (AvgIpc) is 2.81. The summed E-state index contributed by atoms with van der Waals surface area (Å²) in [5.74, 6) is -0.697. The number of hydrogen-bond acceptors (Lipinski definition) is 5. The molecule has 34 heavy (non-hydrogen) atoms. The van der Waals surface area contributed by atoms with Crippen LogP contribution in [0.15, 0.2) is 75.3 Å². The Balaban J connectivity index is 1.98. The number of methoxy groups -OCH3 is 1. The van der Waals surface area contributed by atoms with Crippen molar-refractivity contribution in [3.8, 4) is 5.75 Å². The number of nitro groups is 1. The highest BCUT2D eigenvalue weighted by atomic mass is 79.9. The molecule has 3 rings (SSSR count). The minimum absolute atomic E-state index is 0.0965. The van der Waals surface area contributed by atoms with Crippen molar-refractivity contribution in [1.82, 2.24) is 5.32 Å². The molecule has 2 N–H and O–H groups in total. The zero-order chi connectivity index (χ0) is 24.8. The Morgan fingerprint density at radius 1 is 1.03 bits per heavy atom. The Hall–Kier alpha value is -3.50. The number of ether oxygens (including phenoxy) is 1. The van der Waals surface area contributed by atoms with Crippen LogP contribution in [0.5, 0.6) is 5.75 Å². The fraction of sp³-hybridized carbons (Fsp3) is 0.0833. The van der Waals surface area contributed by atoms with Crippen LogP contribution in [-0.2, 0) is 4.79 Å². The topological polar surface area (TPSA) is 111 Å². The number of nitrogens with zero attached hydrogens (tertiary/aromatic N) is 1. The van der Waals surface area contributed by atoms with Crippen molar-refractivity contribution >= 4 is 61.1 Å². The quantitative estimate of drug-likeness (QED) is 0.204. The van der Waals surface area contributed by atoms with Gasteiger partial charge >= 0.3 is 0 Å². The van der Waals surface area contributed by atoms with Gasteiger partial charge in [-0.3, -0.25) is 19.7 Å². The van der Waals surface area contributed by atoms with Crippen LogP contribution in [-0.4, -0.2) is 23.8 Å². The molecule has 0 atom stereocenters. The molecule has 0 saturated heterocycles. The highest BCUT2D eigenvalue weighted by Gasteiger charge is 2.18. The first-order valence-electron chi connectivity index (χ1n) is 9.86. The minimum atomic E-state index is -0.597. The number of hydrogen-bond donors (Lipinski definition) is 2.